The van der Waals surface area contributed by atoms with E-state index >= 15 is 0 Å². The van der Waals surface area contributed by atoms with Crippen molar-refractivity contribution in [3.63, 3.8) is 0 Å². The molecule has 1 aromatic heterocycles. The van der Waals surface area contributed by atoms with E-state index in [1.807, 2.05) is 0 Å². The second kappa shape index (κ2) is 5.03. The van der Waals surface area contributed by atoms with Crippen LogP contribution in [-0.2, 0) is 0 Å². The molecule has 0 bridgehead atoms. The summed E-state index contributed by atoms with van der Waals surface area (Å²) in [5.74, 6) is 0. The van der Waals surface area contributed by atoms with Crippen molar-refractivity contribution in [2.75, 3.05) is 11.9 Å². The predicted octanol–water partition coefficient (Wildman–Crippen LogP) is 2.12. The van der Waals surface area contributed by atoms with Gasteiger partial charge in [-0.2, -0.15) is 13.2 Å². The lowest BCUT2D eigenvalue weighted by Crippen LogP contribution is -2.35. The number of nitrogens with zero attached hydrogens (tertiary/aromatic N) is 2. The number of aliphatic hydroxyl groups is 1. The summed E-state index contributed by atoms with van der Waals surface area (Å²) in [6.45, 7) is -0.745. The normalized spacial score (nSPS) is 13.6. The Morgan fingerprint density at radius 1 is 1.38 bits per heavy atom. The quantitative estimate of drug-likeness (QED) is 0.887. The Kier molecular flexibility index (Phi) is 4.17. The maximum atomic E-state index is 12.0. The fourth-order valence-corrected chi connectivity index (χ4v) is 1.11. The van der Waals surface area contributed by atoms with Crippen LogP contribution < -0.4 is 5.32 Å². The van der Waals surface area contributed by atoms with Crippen LogP contribution in [0.4, 0.5) is 18.9 Å². The Morgan fingerprint density at radius 2 is 2.00 bits per heavy atom. The molecule has 90 valence electrons. The number of aliphatic hydroxyl groups excluding tert-OH is 1. The van der Waals surface area contributed by atoms with Gasteiger partial charge in [0, 0.05) is 12.6 Å². The molecule has 1 unspecified atom stereocenters. The predicted molar refractivity (Wildman–Crippen MR) is 52.6 cm³/mol. The Morgan fingerprint density at radius 3 is 2.56 bits per heavy atom. The maximum Gasteiger partial charge on any atom is 0.416 e. The topological polar surface area (TPSA) is 58.0 Å². The van der Waals surface area contributed by atoms with Crippen molar-refractivity contribution in [3.8, 4) is 0 Å². The average Bonchev–Trinajstić information content (AvgIpc) is 2.17. The minimum Gasteiger partial charge on any atom is -0.382 e. The van der Waals surface area contributed by atoms with E-state index in [4.69, 9.17) is 28.3 Å². The van der Waals surface area contributed by atoms with Gasteiger partial charge in [0.15, 0.2) is 16.4 Å². The summed E-state index contributed by atoms with van der Waals surface area (Å²) >= 11 is 11.0. The fourth-order valence-electron chi connectivity index (χ4n) is 0.799. The summed E-state index contributed by atoms with van der Waals surface area (Å²) in [6, 6.07) is 1.21. The SMILES string of the molecule is OC(CNc1cc(Cl)nnc1Cl)C(F)(F)F. The maximum absolute atomic E-state index is 12.0. The molecule has 0 amide bonds. The Labute approximate surface area is 98.4 Å². The molecule has 0 saturated heterocycles. The Hall–Kier alpha value is -0.790. The Balaban J connectivity index is 2.64. The standard InChI is InChI=1S/C7H6Cl2F3N3O/c8-5-1-3(6(9)15-14-5)13-2-4(16)7(10,11)12/h1,4,16H,2H2,(H,13,14). The molecule has 0 aliphatic rings. The molecule has 1 rings (SSSR count). The summed E-state index contributed by atoms with van der Waals surface area (Å²) in [5.41, 5.74) is 0.0740. The van der Waals surface area contributed by atoms with Gasteiger partial charge in [0.1, 0.15) is 0 Å². The molecule has 9 heteroatoms. The van der Waals surface area contributed by atoms with Gasteiger partial charge < -0.3 is 10.4 Å². The van der Waals surface area contributed by atoms with Crippen molar-refractivity contribution in [2.24, 2.45) is 0 Å². The zero-order chi connectivity index (χ0) is 12.3. The number of anilines is 1. The monoisotopic (exact) mass is 275 g/mol. The van der Waals surface area contributed by atoms with E-state index in [9.17, 15) is 13.2 Å². The summed E-state index contributed by atoms with van der Waals surface area (Å²) in [6.07, 6.45) is -7.18. The Bertz CT molecular complexity index is 374. The summed E-state index contributed by atoms with van der Waals surface area (Å²) < 4.78 is 35.9. The first-order valence-corrected chi connectivity index (χ1v) is 4.73. The van der Waals surface area contributed by atoms with E-state index in [0.717, 1.165) is 0 Å². The van der Waals surface area contributed by atoms with E-state index in [2.05, 4.69) is 15.5 Å². The highest BCUT2D eigenvalue weighted by molar-refractivity contribution is 6.33. The second-order valence-corrected chi connectivity index (χ2v) is 3.56. The van der Waals surface area contributed by atoms with Crippen LogP contribution >= 0.6 is 23.2 Å². The molecule has 1 atom stereocenters. The minimum absolute atomic E-state index is 0.0200. The molecular weight excluding hydrogens is 270 g/mol. The third-order valence-corrected chi connectivity index (χ3v) is 2.05. The molecule has 0 aliphatic carbocycles. The van der Waals surface area contributed by atoms with E-state index in [1.165, 1.54) is 6.07 Å². The van der Waals surface area contributed by atoms with Crippen molar-refractivity contribution >= 4 is 28.9 Å². The third kappa shape index (κ3) is 3.66. The van der Waals surface area contributed by atoms with Gasteiger partial charge in [-0.15, -0.1) is 10.2 Å². The number of halogens is 5. The zero-order valence-corrected chi connectivity index (χ0v) is 9.11. The molecule has 0 saturated carbocycles. The van der Waals surface area contributed by atoms with Crippen LogP contribution in [0.3, 0.4) is 0 Å². The summed E-state index contributed by atoms with van der Waals surface area (Å²) in [5, 5.41) is 17.6. The molecule has 0 radical (unpaired) electrons. The van der Waals surface area contributed by atoms with Gasteiger partial charge in [-0.05, 0) is 0 Å². The second-order valence-electron chi connectivity index (χ2n) is 2.81. The minimum atomic E-state index is -4.69. The number of hydrogen-bond acceptors (Lipinski definition) is 4. The lowest BCUT2D eigenvalue weighted by molar-refractivity contribution is -0.198. The zero-order valence-electron chi connectivity index (χ0n) is 7.59. The number of alkyl halides is 3. The van der Waals surface area contributed by atoms with E-state index in [0.29, 0.717) is 0 Å². The molecule has 2 N–H and O–H groups in total. The van der Waals surface area contributed by atoms with Gasteiger partial charge in [-0.25, -0.2) is 0 Å². The van der Waals surface area contributed by atoms with E-state index in [1.54, 1.807) is 0 Å². The molecule has 0 spiro atoms. The van der Waals surface area contributed by atoms with Crippen LogP contribution in [0.1, 0.15) is 0 Å². The highest BCUT2D eigenvalue weighted by Gasteiger charge is 2.37. The molecular formula is C7H6Cl2F3N3O. The van der Waals surface area contributed by atoms with Gasteiger partial charge in [0.25, 0.3) is 0 Å². The fraction of sp³-hybridized carbons (Fsp3) is 0.429. The summed E-state index contributed by atoms with van der Waals surface area (Å²) in [7, 11) is 0. The summed E-state index contributed by atoms with van der Waals surface area (Å²) in [4.78, 5) is 0. The van der Waals surface area contributed by atoms with Crippen molar-refractivity contribution in [1.29, 1.82) is 0 Å². The van der Waals surface area contributed by atoms with Gasteiger partial charge in [0.2, 0.25) is 0 Å². The van der Waals surface area contributed by atoms with Crippen molar-refractivity contribution in [3.05, 3.63) is 16.4 Å². The van der Waals surface area contributed by atoms with Crippen molar-refractivity contribution in [2.45, 2.75) is 12.3 Å². The molecule has 0 aromatic carbocycles. The first-order chi connectivity index (χ1) is 7.30. The largest absolute Gasteiger partial charge is 0.416 e. The molecule has 0 fully saturated rings. The molecule has 0 aliphatic heterocycles. The van der Waals surface area contributed by atoms with Crippen molar-refractivity contribution in [1.82, 2.24) is 10.2 Å². The van der Waals surface area contributed by atoms with E-state index in [-0.39, 0.29) is 16.0 Å². The van der Waals surface area contributed by atoms with E-state index < -0.39 is 18.8 Å². The first kappa shape index (κ1) is 13.3. The van der Waals surface area contributed by atoms with Crippen LogP contribution in [0.5, 0.6) is 0 Å². The van der Waals surface area contributed by atoms with Crippen LogP contribution in [0.15, 0.2) is 6.07 Å². The average molecular weight is 276 g/mol. The highest BCUT2D eigenvalue weighted by Crippen LogP contribution is 2.23. The molecule has 4 nitrogen and oxygen atoms in total. The third-order valence-electron chi connectivity index (χ3n) is 1.58. The number of nitrogens with one attached hydrogen (secondary N) is 1. The van der Waals surface area contributed by atoms with Gasteiger partial charge >= 0.3 is 6.18 Å². The number of aromatic nitrogens is 2. The molecule has 1 heterocycles. The van der Waals surface area contributed by atoms with Crippen LogP contribution in [0.25, 0.3) is 0 Å². The lowest BCUT2D eigenvalue weighted by Gasteiger charge is -2.15. The number of rotatable bonds is 3. The number of hydrogen-bond donors (Lipinski definition) is 2. The van der Waals surface area contributed by atoms with Crippen LogP contribution in [0, 0.1) is 0 Å². The van der Waals surface area contributed by atoms with Gasteiger partial charge in [0.05, 0.1) is 5.69 Å². The molecule has 1 aromatic rings. The highest BCUT2D eigenvalue weighted by atomic mass is 35.5. The smallest absolute Gasteiger partial charge is 0.382 e. The van der Waals surface area contributed by atoms with Gasteiger partial charge in [-0.1, -0.05) is 23.2 Å². The van der Waals surface area contributed by atoms with Crippen LogP contribution in [0.2, 0.25) is 10.3 Å². The lowest BCUT2D eigenvalue weighted by atomic mass is 10.3. The van der Waals surface area contributed by atoms with Crippen molar-refractivity contribution < 1.29 is 18.3 Å². The molecule has 16 heavy (non-hydrogen) atoms. The first-order valence-electron chi connectivity index (χ1n) is 3.98. The van der Waals surface area contributed by atoms with Crippen LogP contribution in [-0.4, -0.2) is 34.1 Å². The van der Waals surface area contributed by atoms with Gasteiger partial charge in [-0.3, -0.25) is 0 Å².